The van der Waals surface area contributed by atoms with E-state index >= 15 is 0 Å². The number of amides is 1. The van der Waals surface area contributed by atoms with Gasteiger partial charge in [0.25, 0.3) is 5.91 Å². The molecule has 1 atom stereocenters. The van der Waals surface area contributed by atoms with Gasteiger partial charge < -0.3 is 19.9 Å². The fourth-order valence-corrected chi connectivity index (χ4v) is 2.33. The van der Waals surface area contributed by atoms with E-state index in [9.17, 15) is 14.7 Å². The Morgan fingerprint density at radius 1 is 1.08 bits per heavy atom. The van der Waals surface area contributed by atoms with Crippen LogP contribution < -0.4 is 14.8 Å². The minimum absolute atomic E-state index is 0.293. The highest BCUT2D eigenvalue weighted by Gasteiger charge is 2.23. The number of aliphatic carboxylic acids is 1. The standard InChI is InChI=1S/C20H23NO5/c1-13(2)12-26-16-10-9-15(11-17(16)25-3)19(22)21-18(20(23)24)14-7-5-4-6-8-14/h4-11,13,18H,12H2,1-3H3,(H,21,22)(H,23,24). The van der Waals surface area contributed by atoms with Crippen LogP contribution in [0, 0.1) is 5.92 Å². The molecule has 2 rings (SSSR count). The van der Waals surface area contributed by atoms with Gasteiger partial charge >= 0.3 is 5.97 Å². The fourth-order valence-electron chi connectivity index (χ4n) is 2.33. The maximum atomic E-state index is 12.5. The molecule has 0 saturated heterocycles. The molecule has 0 radical (unpaired) electrons. The van der Waals surface area contributed by atoms with Gasteiger partial charge in [-0.15, -0.1) is 0 Å². The highest BCUT2D eigenvalue weighted by atomic mass is 16.5. The lowest BCUT2D eigenvalue weighted by molar-refractivity contribution is -0.139. The Morgan fingerprint density at radius 3 is 2.35 bits per heavy atom. The molecule has 0 aliphatic heterocycles. The smallest absolute Gasteiger partial charge is 0.330 e. The molecule has 2 N–H and O–H groups in total. The molecule has 1 amide bonds. The maximum absolute atomic E-state index is 12.5. The van der Waals surface area contributed by atoms with Gasteiger partial charge in [0.1, 0.15) is 0 Å². The number of benzene rings is 2. The van der Waals surface area contributed by atoms with Crippen molar-refractivity contribution in [3.05, 3.63) is 59.7 Å². The van der Waals surface area contributed by atoms with Gasteiger partial charge in [-0.3, -0.25) is 4.79 Å². The number of hydrogen-bond acceptors (Lipinski definition) is 4. The number of carbonyl (C=O) groups is 2. The van der Waals surface area contributed by atoms with Crippen LogP contribution >= 0.6 is 0 Å². The lowest BCUT2D eigenvalue weighted by atomic mass is 10.1. The molecule has 0 aliphatic carbocycles. The molecule has 6 heteroatoms. The number of carboxylic acids is 1. The lowest BCUT2D eigenvalue weighted by Gasteiger charge is -2.16. The molecule has 0 bridgehead atoms. The predicted octanol–water partition coefficient (Wildman–Crippen LogP) is 3.29. The van der Waals surface area contributed by atoms with Crippen molar-refractivity contribution in [3.63, 3.8) is 0 Å². The van der Waals surface area contributed by atoms with Crippen molar-refractivity contribution in [1.82, 2.24) is 5.32 Å². The zero-order chi connectivity index (χ0) is 19.1. The first-order chi connectivity index (χ1) is 12.4. The molecule has 2 aromatic carbocycles. The molecule has 26 heavy (non-hydrogen) atoms. The largest absolute Gasteiger partial charge is 0.493 e. The average Bonchev–Trinajstić information content (AvgIpc) is 2.64. The first-order valence-corrected chi connectivity index (χ1v) is 8.31. The molecule has 6 nitrogen and oxygen atoms in total. The topological polar surface area (TPSA) is 84.9 Å². The molecule has 0 heterocycles. The Balaban J connectivity index is 2.19. The van der Waals surface area contributed by atoms with Crippen LogP contribution in [0.15, 0.2) is 48.5 Å². The minimum atomic E-state index is -1.13. The van der Waals surface area contributed by atoms with E-state index in [4.69, 9.17) is 9.47 Å². The third-order valence-corrected chi connectivity index (χ3v) is 3.65. The summed E-state index contributed by atoms with van der Waals surface area (Å²) >= 11 is 0. The van der Waals surface area contributed by atoms with Crippen molar-refractivity contribution < 1.29 is 24.2 Å². The Morgan fingerprint density at radius 2 is 1.77 bits per heavy atom. The van der Waals surface area contributed by atoms with Gasteiger partial charge in [0.2, 0.25) is 0 Å². The number of methoxy groups -OCH3 is 1. The summed E-state index contributed by atoms with van der Waals surface area (Å²) in [5.74, 6) is -0.325. The summed E-state index contributed by atoms with van der Waals surface area (Å²) in [6.45, 7) is 4.59. The summed E-state index contributed by atoms with van der Waals surface area (Å²) in [6, 6.07) is 12.2. The zero-order valence-corrected chi connectivity index (χ0v) is 15.1. The third-order valence-electron chi connectivity index (χ3n) is 3.65. The zero-order valence-electron chi connectivity index (χ0n) is 15.1. The van der Waals surface area contributed by atoms with E-state index in [0.717, 1.165) is 0 Å². The Bertz CT molecular complexity index is 758. The van der Waals surface area contributed by atoms with E-state index in [-0.39, 0.29) is 0 Å². The van der Waals surface area contributed by atoms with Gasteiger partial charge in [-0.25, -0.2) is 4.79 Å². The van der Waals surface area contributed by atoms with Crippen molar-refractivity contribution in [2.75, 3.05) is 13.7 Å². The van der Waals surface area contributed by atoms with Crippen LogP contribution in [0.4, 0.5) is 0 Å². The normalized spacial score (nSPS) is 11.7. The van der Waals surface area contributed by atoms with Crippen molar-refractivity contribution in [2.45, 2.75) is 19.9 Å². The predicted molar refractivity (Wildman–Crippen MR) is 97.6 cm³/mol. The summed E-state index contributed by atoms with van der Waals surface area (Å²) < 4.78 is 10.9. The van der Waals surface area contributed by atoms with E-state index < -0.39 is 17.9 Å². The highest BCUT2D eigenvalue weighted by Crippen LogP contribution is 2.28. The molecule has 0 aliphatic rings. The molecule has 1 unspecified atom stereocenters. The summed E-state index contributed by atoms with van der Waals surface area (Å²) in [7, 11) is 1.49. The van der Waals surface area contributed by atoms with Gasteiger partial charge in [0.15, 0.2) is 17.5 Å². The average molecular weight is 357 g/mol. The number of carbonyl (C=O) groups excluding carboxylic acids is 1. The fraction of sp³-hybridized carbons (Fsp3) is 0.300. The summed E-state index contributed by atoms with van der Waals surface area (Å²) in [5, 5.41) is 12.0. The van der Waals surface area contributed by atoms with E-state index in [1.165, 1.54) is 13.2 Å². The quantitative estimate of drug-likeness (QED) is 0.757. The second-order valence-electron chi connectivity index (χ2n) is 6.23. The second-order valence-corrected chi connectivity index (χ2v) is 6.23. The van der Waals surface area contributed by atoms with Crippen LogP contribution in [0.2, 0.25) is 0 Å². The van der Waals surface area contributed by atoms with Gasteiger partial charge in [0, 0.05) is 5.56 Å². The minimum Gasteiger partial charge on any atom is -0.493 e. The van der Waals surface area contributed by atoms with Crippen LogP contribution in [-0.2, 0) is 4.79 Å². The Kier molecular flexibility index (Phi) is 6.60. The van der Waals surface area contributed by atoms with Crippen molar-refractivity contribution in [2.24, 2.45) is 5.92 Å². The van der Waals surface area contributed by atoms with E-state index in [2.05, 4.69) is 5.32 Å². The monoisotopic (exact) mass is 357 g/mol. The number of rotatable bonds is 8. The first-order valence-electron chi connectivity index (χ1n) is 8.31. The number of nitrogens with one attached hydrogen (secondary N) is 1. The summed E-state index contributed by atoms with van der Waals surface area (Å²) in [5.41, 5.74) is 0.790. The molecule has 0 saturated carbocycles. The summed E-state index contributed by atoms with van der Waals surface area (Å²) in [6.07, 6.45) is 0. The SMILES string of the molecule is COc1cc(C(=O)NC(C(=O)O)c2ccccc2)ccc1OCC(C)C. The number of hydrogen-bond donors (Lipinski definition) is 2. The molecule has 0 fully saturated rings. The second kappa shape index (κ2) is 8.89. The number of carboxylic acid groups (broad SMARTS) is 1. The van der Waals surface area contributed by atoms with Gasteiger partial charge in [0.05, 0.1) is 13.7 Å². The molecular formula is C20H23NO5. The summed E-state index contributed by atoms with van der Waals surface area (Å²) in [4.78, 5) is 24.0. The lowest BCUT2D eigenvalue weighted by Crippen LogP contribution is -2.33. The van der Waals surface area contributed by atoms with E-state index in [1.54, 1.807) is 42.5 Å². The van der Waals surface area contributed by atoms with E-state index in [1.807, 2.05) is 13.8 Å². The van der Waals surface area contributed by atoms with Crippen LogP contribution in [0.1, 0.15) is 35.8 Å². The van der Waals surface area contributed by atoms with Crippen molar-refractivity contribution in [1.29, 1.82) is 0 Å². The van der Waals surface area contributed by atoms with Gasteiger partial charge in [-0.2, -0.15) is 0 Å². The maximum Gasteiger partial charge on any atom is 0.330 e. The number of ether oxygens (including phenoxy) is 2. The first kappa shape index (κ1) is 19.3. The highest BCUT2D eigenvalue weighted by molar-refractivity contribution is 5.97. The molecule has 0 spiro atoms. The Labute approximate surface area is 152 Å². The van der Waals surface area contributed by atoms with Crippen LogP contribution in [0.25, 0.3) is 0 Å². The van der Waals surface area contributed by atoms with Crippen molar-refractivity contribution in [3.8, 4) is 11.5 Å². The molecular weight excluding hydrogens is 334 g/mol. The molecule has 2 aromatic rings. The molecule has 138 valence electrons. The van der Waals surface area contributed by atoms with Gasteiger partial charge in [-0.1, -0.05) is 44.2 Å². The van der Waals surface area contributed by atoms with Crippen LogP contribution in [0.3, 0.4) is 0 Å². The third kappa shape index (κ3) is 4.99. The Hall–Kier alpha value is -3.02. The van der Waals surface area contributed by atoms with E-state index in [0.29, 0.717) is 35.2 Å². The van der Waals surface area contributed by atoms with Gasteiger partial charge in [-0.05, 0) is 29.7 Å². The molecule has 0 aromatic heterocycles. The van der Waals surface area contributed by atoms with Crippen molar-refractivity contribution >= 4 is 11.9 Å². The van der Waals surface area contributed by atoms with Crippen LogP contribution in [0.5, 0.6) is 11.5 Å². The van der Waals surface area contributed by atoms with Crippen LogP contribution in [-0.4, -0.2) is 30.7 Å².